The van der Waals surface area contributed by atoms with Crippen LogP contribution in [0.3, 0.4) is 0 Å². The van der Waals surface area contributed by atoms with Crippen LogP contribution in [0.1, 0.15) is 34.1 Å². The molecule has 3 N–H and O–H groups in total. The van der Waals surface area contributed by atoms with Gasteiger partial charge in [-0.05, 0) is 18.1 Å². The zero-order chi connectivity index (χ0) is 31.9. The minimum Gasteiger partial charge on any atom is -0.452 e. The van der Waals surface area contributed by atoms with Gasteiger partial charge in [0.25, 0.3) is 5.91 Å². The number of aromatic nitrogens is 1. The zero-order valence-electron chi connectivity index (χ0n) is 24.1. The summed E-state index contributed by atoms with van der Waals surface area (Å²) in [6.07, 6.45) is -0.802. The fourth-order valence-corrected chi connectivity index (χ4v) is 7.83. The number of nitrogens with zero attached hydrogens (tertiary/aromatic N) is 3. The number of thioether (sulfide) groups is 1. The van der Waals surface area contributed by atoms with Gasteiger partial charge >= 0.3 is 5.97 Å². The Kier molecular flexibility index (Phi) is 8.01. The van der Waals surface area contributed by atoms with Crippen LogP contribution in [0.5, 0.6) is 0 Å². The van der Waals surface area contributed by atoms with Crippen molar-refractivity contribution in [2.75, 3.05) is 25.1 Å². The Labute approximate surface area is 264 Å². The minimum absolute atomic E-state index is 0.0380. The predicted octanol–water partition coefficient (Wildman–Crippen LogP) is 1.65. The molecule has 3 heterocycles. The van der Waals surface area contributed by atoms with E-state index in [0.29, 0.717) is 11.1 Å². The van der Waals surface area contributed by atoms with Gasteiger partial charge in [0.2, 0.25) is 16.8 Å². The Hall–Kier alpha value is -4.82. The van der Waals surface area contributed by atoms with Crippen molar-refractivity contribution < 1.29 is 24.0 Å². The van der Waals surface area contributed by atoms with E-state index in [9.17, 15) is 24.0 Å². The number of ether oxygens (including phenoxy) is 1. The molecule has 0 bridgehead atoms. The number of amides is 2. The number of thiazole rings is 1. The molecule has 2 saturated heterocycles. The normalized spacial score (nSPS) is 21.3. The van der Waals surface area contributed by atoms with Gasteiger partial charge in [-0.3, -0.25) is 24.0 Å². The minimum atomic E-state index is -1.59. The summed E-state index contributed by atoms with van der Waals surface area (Å²) in [5, 5.41) is 7.68. The first-order valence-corrected chi connectivity index (χ1v) is 15.8. The molecule has 2 aliphatic heterocycles. The van der Waals surface area contributed by atoms with Gasteiger partial charge in [-0.25, -0.2) is 4.98 Å². The van der Waals surface area contributed by atoms with Crippen LogP contribution in [0.2, 0.25) is 0 Å². The summed E-state index contributed by atoms with van der Waals surface area (Å²) in [5.74, 6) is -1.84. The van der Waals surface area contributed by atoms with Crippen LogP contribution in [-0.2, 0) is 29.4 Å². The van der Waals surface area contributed by atoms with Gasteiger partial charge in [-0.15, -0.1) is 23.1 Å². The summed E-state index contributed by atoms with van der Waals surface area (Å²) >= 11 is 2.33. The first-order chi connectivity index (χ1) is 21.7. The van der Waals surface area contributed by atoms with Gasteiger partial charge in [-0.2, -0.15) is 0 Å². The van der Waals surface area contributed by atoms with Crippen molar-refractivity contribution in [3.05, 3.63) is 114 Å². The highest BCUT2D eigenvalue weighted by atomic mass is 32.2. The van der Waals surface area contributed by atoms with Crippen molar-refractivity contribution in [3.63, 3.8) is 0 Å². The van der Waals surface area contributed by atoms with Crippen molar-refractivity contribution in [3.8, 4) is 0 Å². The summed E-state index contributed by atoms with van der Waals surface area (Å²) in [5.41, 5.74) is 4.39. The number of esters is 1. The van der Waals surface area contributed by atoms with Gasteiger partial charge in [0.15, 0.2) is 16.9 Å². The van der Waals surface area contributed by atoms with Crippen LogP contribution in [-0.4, -0.2) is 64.2 Å². The van der Waals surface area contributed by atoms with Crippen molar-refractivity contribution in [1.29, 1.82) is 0 Å². The maximum Gasteiger partial charge on any atom is 0.320 e. The SMILES string of the molecule is CON=C(C(=O)NC1C(=O)N2CC(C(=O)OC(c3ccccc3)c3ccccc3)(c3c(C)c(=O)c3=O)CS[C@H]12)c1csc(N)n1. The molecule has 3 atom stereocenters. The third-order valence-corrected chi connectivity index (χ3v) is 10.2. The largest absolute Gasteiger partial charge is 0.452 e. The number of hydrogen-bond acceptors (Lipinski definition) is 12. The summed E-state index contributed by atoms with van der Waals surface area (Å²) < 4.78 is 6.19. The fourth-order valence-electron chi connectivity index (χ4n) is 5.74. The lowest BCUT2D eigenvalue weighted by molar-refractivity contribution is -0.160. The van der Waals surface area contributed by atoms with E-state index in [2.05, 4.69) is 15.5 Å². The second-order valence-electron chi connectivity index (χ2n) is 10.7. The highest BCUT2D eigenvalue weighted by Crippen LogP contribution is 2.45. The molecule has 0 saturated carbocycles. The number of benzene rings is 2. The van der Waals surface area contributed by atoms with Crippen LogP contribution >= 0.6 is 23.1 Å². The fraction of sp³-hybridized carbons (Fsp3) is 0.258. The van der Waals surface area contributed by atoms with Crippen LogP contribution in [0, 0.1) is 6.92 Å². The second-order valence-corrected chi connectivity index (χ2v) is 12.7. The molecule has 12 nitrogen and oxygen atoms in total. The number of nitrogen functional groups attached to an aromatic ring is 1. The molecule has 45 heavy (non-hydrogen) atoms. The van der Waals surface area contributed by atoms with E-state index in [0.717, 1.165) is 11.3 Å². The Bertz CT molecular complexity index is 1850. The van der Waals surface area contributed by atoms with Crippen molar-refractivity contribution in [1.82, 2.24) is 15.2 Å². The summed E-state index contributed by atoms with van der Waals surface area (Å²) in [7, 11) is 1.28. The standard InChI is InChI=1S/C31H27N5O7S2/c1-16-20(24(38)23(16)37)31(29(41)43-25(17-9-5-3-6-10-17)18-11-7-4-8-12-18)14-36-27(40)22(28(36)45-15-31)34-26(39)21(35-42-2)19-13-44-30(32)33-19/h3-13,22,25,28H,14-15H2,1-2H3,(H2,32,33)(H,34,39)/t22?,28-,31?/m1/s1. The summed E-state index contributed by atoms with van der Waals surface area (Å²) in [6, 6.07) is 17.4. The maximum atomic E-state index is 14.3. The second kappa shape index (κ2) is 11.9. The number of nitrogens with one attached hydrogen (secondary N) is 1. The molecule has 1 aromatic heterocycles. The zero-order valence-corrected chi connectivity index (χ0v) is 25.7. The van der Waals surface area contributed by atoms with E-state index < -0.39 is 51.6 Å². The molecule has 2 aliphatic rings. The van der Waals surface area contributed by atoms with Gasteiger partial charge in [0, 0.05) is 28.8 Å². The third-order valence-electron chi connectivity index (χ3n) is 7.98. The molecule has 2 amide bonds. The van der Waals surface area contributed by atoms with E-state index >= 15 is 0 Å². The lowest BCUT2D eigenvalue weighted by atomic mass is 9.75. The predicted molar refractivity (Wildman–Crippen MR) is 169 cm³/mol. The molecule has 0 aliphatic carbocycles. The highest BCUT2D eigenvalue weighted by molar-refractivity contribution is 8.00. The Morgan fingerprint density at radius 1 is 1.07 bits per heavy atom. The smallest absolute Gasteiger partial charge is 0.320 e. The van der Waals surface area contributed by atoms with E-state index in [1.165, 1.54) is 30.7 Å². The lowest BCUT2D eigenvalue weighted by Crippen LogP contribution is -2.75. The number of oxime groups is 1. The van der Waals surface area contributed by atoms with Gasteiger partial charge in [-0.1, -0.05) is 65.8 Å². The average molecular weight is 646 g/mol. The molecule has 0 radical (unpaired) electrons. The van der Waals surface area contributed by atoms with Crippen LogP contribution in [0.15, 0.2) is 80.8 Å². The van der Waals surface area contributed by atoms with Crippen LogP contribution in [0.4, 0.5) is 5.13 Å². The Morgan fingerprint density at radius 3 is 2.27 bits per heavy atom. The van der Waals surface area contributed by atoms with Gasteiger partial charge < -0.3 is 25.5 Å². The van der Waals surface area contributed by atoms with Gasteiger partial charge in [0.05, 0.1) is 0 Å². The summed E-state index contributed by atoms with van der Waals surface area (Å²) in [4.78, 5) is 76.5. The van der Waals surface area contributed by atoms with E-state index in [4.69, 9.17) is 15.3 Å². The quantitative estimate of drug-likeness (QED) is 0.0897. The molecular formula is C31H27N5O7S2. The Morgan fingerprint density at radius 2 is 1.71 bits per heavy atom. The number of β-lactam (4-membered cyclic amide) rings is 1. The number of hydrogen-bond donors (Lipinski definition) is 2. The number of nitrogens with two attached hydrogens (primary N) is 1. The Balaban J connectivity index is 1.28. The molecular weight excluding hydrogens is 619 g/mol. The number of carbonyl (C=O) groups is 3. The third kappa shape index (κ3) is 5.19. The molecule has 0 spiro atoms. The van der Waals surface area contributed by atoms with Crippen LogP contribution < -0.4 is 21.9 Å². The van der Waals surface area contributed by atoms with E-state index in [-0.39, 0.29) is 40.0 Å². The monoisotopic (exact) mass is 645 g/mol. The highest BCUT2D eigenvalue weighted by Gasteiger charge is 2.60. The molecule has 230 valence electrons. The lowest BCUT2D eigenvalue weighted by Gasteiger charge is -2.54. The van der Waals surface area contributed by atoms with Gasteiger partial charge in [0.1, 0.15) is 29.6 Å². The first kappa shape index (κ1) is 30.2. The van der Waals surface area contributed by atoms with E-state index in [1.807, 2.05) is 60.7 Å². The maximum absolute atomic E-state index is 14.3. The van der Waals surface area contributed by atoms with E-state index in [1.54, 1.807) is 5.38 Å². The average Bonchev–Trinajstić information content (AvgIpc) is 3.50. The molecule has 14 heteroatoms. The number of fused-ring (bicyclic) bond motifs is 1. The topological polar surface area (TPSA) is 170 Å². The van der Waals surface area contributed by atoms with Crippen LogP contribution in [0.25, 0.3) is 0 Å². The van der Waals surface area contributed by atoms with Crippen molar-refractivity contribution >= 4 is 51.7 Å². The first-order valence-electron chi connectivity index (χ1n) is 13.8. The number of rotatable bonds is 9. The molecule has 2 fully saturated rings. The number of carbonyl (C=O) groups excluding carboxylic acids is 3. The van der Waals surface area contributed by atoms with Crippen molar-refractivity contribution in [2.45, 2.75) is 29.9 Å². The molecule has 4 aromatic rings. The summed E-state index contributed by atoms with van der Waals surface area (Å²) in [6.45, 7) is 1.30. The molecule has 3 aromatic carbocycles. The number of anilines is 1. The van der Waals surface area contributed by atoms with Crippen molar-refractivity contribution in [2.24, 2.45) is 5.16 Å². The molecule has 2 unspecified atom stereocenters. The molecule has 6 rings (SSSR count).